The molecule has 0 aliphatic rings. The number of hydrogen-bond donors (Lipinski definition) is 1. The molecule has 2 atom stereocenters. The summed E-state index contributed by atoms with van der Waals surface area (Å²) in [6, 6.07) is 19.8. The van der Waals surface area contributed by atoms with Crippen molar-refractivity contribution in [3.8, 4) is 0 Å². The molecule has 168 valence electrons. The summed E-state index contributed by atoms with van der Waals surface area (Å²) in [5.41, 5.74) is 2.44. The number of rotatable bonds is 8. The second kappa shape index (κ2) is 9.95. The van der Waals surface area contributed by atoms with Crippen LogP contribution < -0.4 is 10.2 Å². The number of carbonyl (C=O) groups is 2. The lowest BCUT2D eigenvalue weighted by Crippen LogP contribution is -2.36. The van der Waals surface area contributed by atoms with Gasteiger partial charge >= 0.3 is 0 Å². The average Bonchev–Trinajstić information content (AvgIpc) is 3.57. The Bertz CT molecular complexity index is 1170. The molecule has 2 heterocycles. The lowest BCUT2D eigenvalue weighted by Gasteiger charge is -2.26. The lowest BCUT2D eigenvalue weighted by molar-refractivity contribution is -0.121. The number of amides is 2. The van der Waals surface area contributed by atoms with Crippen LogP contribution in [0.5, 0.6) is 0 Å². The zero-order chi connectivity index (χ0) is 23.2. The SMILES string of the molecule is C[C@H](C(=O)Nc1ccc(CN(C(=O)[C@@H](C)n2cccn2)c2ccccc2)cc1)n1cccn1. The Morgan fingerprint density at radius 1 is 0.848 bits per heavy atom. The Morgan fingerprint density at radius 3 is 2.03 bits per heavy atom. The van der Waals surface area contributed by atoms with E-state index >= 15 is 0 Å². The zero-order valence-corrected chi connectivity index (χ0v) is 18.6. The maximum Gasteiger partial charge on any atom is 0.251 e. The highest BCUT2D eigenvalue weighted by molar-refractivity contribution is 5.96. The molecule has 0 fully saturated rings. The van der Waals surface area contributed by atoms with Crippen LogP contribution in [0.3, 0.4) is 0 Å². The second-order valence-electron chi connectivity index (χ2n) is 7.77. The third kappa shape index (κ3) is 5.17. The molecule has 0 saturated carbocycles. The normalized spacial score (nSPS) is 12.7. The van der Waals surface area contributed by atoms with Crippen molar-refractivity contribution in [1.29, 1.82) is 0 Å². The van der Waals surface area contributed by atoms with E-state index in [4.69, 9.17) is 0 Å². The topological polar surface area (TPSA) is 85.0 Å². The molecule has 4 rings (SSSR count). The van der Waals surface area contributed by atoms with Gasteiger partial charge < -0.3 is 10.2 Å². The van der Waals surface area contributed by atoms with Gasteiger partial charge in [-0.25, -0.2) is 0 Å². The van der Waals surface area contributed by atoms with Gasteiger partial charge in [0.25, 0.3) is 5.91 Å². The molecule has 1 N–H and O–H groups in total. The number of para-hydroxylation sites is 1. The molecular formula is C25H26N6O2. The van der Waals surface area contributed by atoms with Crippen LogP contribution in [0, 0.1) is 0 Å². The number of benzene rings is 2. The first-order chi connectivity index (χ1) is 16.0. The van der Waals surface area contributed by atoms with Crippen molar-refractivity contribution in [2.75, 3.05) is 10.2 Å². The maximum absolute atomic E-state index is 13.3. The average molecular weight is 443 g/mol. The van der Waals surface area contributed by atoms with Crippen molar-refractivity contribution < 1.29 is 9.59 Å². The summed E-state index contributed by atoms with van der Waals surface area (Å²) in [4.78, 5) is 27.6. The standard InChI is InChI=1S/C25H26N6O2/c1-19(30-16-6-14-26-30)24(32)28-22-12-10-21(11-13-22)18-29(23-8-4-3-5-9-23)25(33)20(2)31-17-7-15-27-31/h3-17,19-20H,18H2,1-2H3,(H,28,32)/t19-,20-/m1/s1. The van der Waals surface area contributed by atoms with Crippen LogP contribution in [0.15, 0.2) is 91.5 Å². The molecule has 33 heavy (non-hydrogen) atoms. The van der Waals surface area contributed by atoms with Crippen molar-refractivity contribution in [3.05, 3.63) is 97.1 Å². The zero-order valence-electron chi connectivity index (χ0n) is 18.6. The van der Waals surface area contributed by atoms with E-state index in [-0.39, 0.29) is 11.8 Å². The van der Waals surface area contributed by atoms with Crippen LogP contribution in [-0.4, -0.2) is 31.4 Å². The molecule has 2 aromatic carbocycles. The molecule has 0 aliphatic heterocycles. The van der Waals surface area contributed by atoms with E-state index in [9.17, 15) is 9.59 Å². The van der Waals surface area contributed by atoms with Gasteiger partial charge in [0.2, 0.25) is 5.91 Å². The molecule has 8 heteroatoms. The molecule has 0 spiro atoms. The van der Waals surface area contributed by atoms with Gasteiger partial charge in [-0.05, 0) is 55.8 Å². The number of hydrogen-bond acceptors (Lipinski definition) is 4. The van der Waals surface area contributed by atoms with Crippen LogP contribution in [0.4, 0.5) is 11.4 Å². The number of nitrogens with one attached hydrogen (secondary N) is 1. The molecule has 0 saturated heterocycles. The number of nitrogens with zero attached hydrogens (tertiary/aromatic N) is 5. The summed E-state index contributed by atoms with van der Waals surface area (Å²) in [5.74, 6) is -0.212. The summed E-state index contributed by atoms with van der Waals surface area (Å²) in [5, 5.41) is 11.2. The Hall–Kier alpha value is -4.20. The van der Waals surface area contributed by atoms with Crippen molar-refractivity contribution in [3.63, 3.8) is 0 Å². The van der Waals surface area contributed by atoms with Crippen molar-refractivity contribution in [1.82, 2.24) is 19.6 Å². The van der Waals surface area contributed by atoms with Crippen molar-refractivity contribution >= 4 is 23.2 Å². The predicted molar refractivity (Wildman–Crippen MR) is 127 cm³/mol. The minimum absolute atomic E-state index is 0.0599. The van der Waals surface area contributed by atoms with Gasteiger partial charge in [0.1, 0.15) is 12.1 Å². The molecule has 4 aromatic rings. The van der Waals surface area contributed by atoms with Gasteiger partial charge in [-0.3, -0.25) is 19.0 Å². The molecule has 2 aromatic heterocycles. The highest BCUT2D eigenvalue weighted by atomic mass is 16.2. The van der Waals surface area contributed by atoms with Crippen LogP contribution in [0.25, 0.3) is 0 Å². The molecule has 0 unspecified atom stereocenters. The smallest absolute Gasteiger partial charge is 0.251 e. The molecule has 0 bridgehead atoms. The summed E-state index contributed by atoms with van der Waals surface area (Å²) < 4.78 is 3.26. The highest BCUT2D eigenvalue weighted by Gasteiger charge is 2.24. The van der Waals surface area contributed by atoms with Gasteiger partial charge in [-0.2, -0.15) is 10.2 Å². The Balaban J connectivity index is 1.48. The fourth-order valence-corrected chi connectivity index (χ4v) is 3.51. The maximum atomic E-state index is 13.3. The monoisotopic (exact) mass is 442 g/mol. The largest absolute Gasteiger partial charge is 0.324 e. The first-order valence-corrected chi connectivity index (χ1v) is 10.8. The van der Waals surface area contributed by atoms with Crippen molar-refractivity contribution in [2.45, 2.75) is 32.5 Å². The third-order valence-corrected chi connectivity index (χ3v) is 5.48. The lowest BCUT2D eigenvalue weighted by atomic mass is 10.1. The summed E-state index contributed by atoms with van der Waals surface area (Å²) >= 11 is 0. The van der Waals surface area contributed by atoms with E-state index < -0.39 is 12.1 Å². The van der Waals surface area contributed by atoms with E-state index in [0.717, 1.165) is 11.3 Å². The Kier molecular flexibility index (Phi) is 6.64. The van der Waals surface area contributed by atoms with Gasteiger partial charge in [0, 0.05) is 36.2 Å². The van der Waals surface area contributed by atoms with Gasteiger partial charge in [-0.1, -0.05) is 30.3 Å². The van der Waals surface area contributed by atoms with E-state index in [1.54, 1.807) is 58.1 Å². The van der Waals surface area contributed by atoms with Crippen LogP contribution >= 0.6 is 0 Å². The molecular weight excluding hydrogens is 416 g/mol. The fourth-order valence-electron chi connectivity index (χ4n) is 3.51. The Labute approximate surface area is 192 Å². The summed E-state index contributed by atoms with van der Waals surface area (Å²) in [6.45, 7) is 4.03. The number of aromatic nitrogens is 4. The first-order valence-electron chi connectivity index (χ1n) is 10.8. The van der Waals surface area contributed by atoms with E-state index in [0.29, 0.717) is 12.2 Å². The van der Waals surface area contributed by atoms with Crippen LogP contribution in [-0.2, 0) is 16.1 Å². The summed E-state index contributed by atoms with van der Waals surface area (Å²) in [7, 11) is 0. The van der Waals surface area contributed by atoms with E-state index in [2.05, 4.69) is 15.5 Å². The number of anilines is 2. The minimum atomic E-state index is -0.442. The molecule has 2 amide bonds. The van der Waals surface area contributed by atoms with Crippen molar-refractivity contribution in [2.24, 2.45) is 0 Å². The predicted octanol–water partition coefficient (Wildman–Crippen LogP) is 4.07. The molecule has 0 radical (unpaired) electrons. The van der Waals surface area contributed by atoms with Gasteiger partial charge in [0.15, 0.2) is 0 Å². The van der Waals surface area contributed by atoms with Crippen LogP contribution in [0.2, 0.25) is 0 Å². The van der Waals surface area contributed by atoms with E-state index in [1.807, 2.05) is 61.5 Å². The van der Waals surface area contributed by atoms with Gasteiger partial charge in [-0.15, -0.1) is 0 Å². The first kappa shape index (κ1) is 22.0. The molecule has 0 aliphatic carbocycles. The second-order valence-corrected chi connectivity index (χ2v) is 7.77. The third-order valence-electron chi connectivity index (χ3n) is 5.48. The molecule has 8 nitrogen and oxygen atoms in total. The Morgan fingerprint density at radius 2 is 1.45 bits per heavy atom. The minimum Gasteiger partial charge on any atom is -0.324 e. The van der Waals surface area contributed by atoms with Gasteiger partial charge in [0.05, 0.1) is 6.54 Å². The van der Waals surface area contributed by atoms with E-state index in [1.165, 1.54) is 0 Å². The fraction of sp³-hybridized carbons (Fsp3) is 0.200. The number of carbonyl (C=O) groups excluding carboxylic acids is 2. The van der Waals surface area contributed by atoms with Crippen LogP contribution in [0.1, 0.15) is 31.5 Å². The quantitative estimate of drug-likeness (QED) is 0.446. The summed E-state index contributed by atoms with van der Waals surface area (Å²) in [6.07, 6.45) is 6.85. The highest BCUT2D eigenvalue weighted by Crippen LogP contribution is 2.22.